The van der Waals surface area contributed by atoms with Crippen LogP contribution in [0.15, 0.2) is 42.5 Å². The van der Waals surface area contributed by atoms with Crippen LogP contribution in [0.5, 0.6) is 5.75 Å². The SMILES string of the molecule is O=C(Nc1ccc(F)cc1)C1(C(=O)Nc2ccc(O)cc2Cl)CC1. The zero-order chi connectivity index (χ0) is 17.3. The summed E-state index contributed by atoms with van der Waals surface area (Å²) < 4.78 is 12.9. The maximum Gasteiger partial charge on any atom is 0.240 e. The van der Waals surface area contributed by atoms with Gasteiger partial charge in [-0.1, -0.05) is 11.6 Å². The fourth-order valence-electron chi connectivity index (χ4n) is 2.31. The lowest BCUT2D eigenvalue weighted by atomic mass is 10.0. The molecule has 1 aliphatic rings. The van der Waals surface area contributed by atoms with Gasteiger partial charge in [-0.05, 0) is 49.2 Å². The number of phenols is 1. The van der Waals surface area contributed by atoms with Crippen molar-refractivity contribution >= 4 is 34.8 Å². The van der Waals surface area contributed by atoms with Gasteiger partial charge in [0.15, 0.2) is 0 Å². The predicted molar refractivity (Wildman–Crippen MR) is 88.4 cm³/mol. The molecule has 0 aliphatic heterocycles. The van der Waals surface area contributed by atoms with Gasteiger partial charge in [0.05, 0.1) is 10.7 Å². The van der Waals surface area contributed by atoms with E-state index in [2.05, 4.69) is 10.6 Å². The molecule has 2 aromatic carbocycles. The number of rotatable bonds is 4. The molecule has 124 valence electrons. The summed E-state index contributed by atoms with van der Waals surface area (Å²) in [6.07, 6.45) is 0.836. The van der Waals surface area contributed by atoms with Crippen molar-refractivity contribution in [3.63, 3.8) is 0 Å². The number of amides is 2. The van der Waals surface area contributed by atoms with Crippen molar-refractivity contribution in [1.29, 1.82) is 0 Å². The Labute approximate surface area is 142 Å². The Morgan fingerprint density at radius 2 is 1.67 bits per heavy atom. The first-order valence-electron chi connectivity index (χ1n) is 7.28. The number of carbonyl (C=O) groups excluding carboxylic acids is 2. The minimum Gasteiger partial charge on any atom is -0.508 e. The van der Waals surface area contributed by atoms with Gasteiger partial charge in [-0.2, -0.15) is 0 Å². The molecule has 0 radical (unpaired) electrons. The second kappa shape index (κ2) is 6.13. The standard InChI is InChI=1S/C17H14ClFN2O3/c18-13-9-12(22)5-6-14(13)21-16(24)17(7-8-17)15(23)20-11-3-1-10(19)2-4-11/h1-6,9,22H,7-8H2,(H,20,23)(H,21,24). The van der Waals surface area contributed by atoms with Crippen LogP contribution in [0, 0.1) is 11.2 Å². The Morgan fingerprint density at radius 3 is 2.25 bits per heavy atom. The first-order chi connectivity index (χ1) is 11.4. The summed E-state index contributed by atoms with van der Waals surface area (Å²) in [7, 11) is 0. The summed E-state index contributed by atoms with van der Waals surface area (Å²) in [6.45, 7) is 0. The second-order valence-corrected chi connectivity index (χ2v) is 6.07. The van der Waals surface area contributed by atoms with E-state index in [9.17, 15) is 19.1 Å². The zero-order valence-corrected chi connectivity index (χ0v) is 13.2. The Hall–Kier alpha value is -2.60. The Morgan fingerprint density at radius 1 is 1.04 bits per heavy atom. The van der Waals surface area contributed by atoms with Crippen molar-refractivity contribution in [3.8, 4) is 5.75 Å². The van der Waals surface area contributed by atoms with Crippen LogP contribution in [-0.4, -0.2) is 16.9 Å². The Kier molecular flexibility index (Phi) is 4.15. The number of aromatic hydroxyl groups is 1. The maximum absolute atomic E-state index is 12.9. The molecule has 3 rings (SSSR count). The van der Waals surface area contributed by atoms with Gasteiger partial charge in [0.2, 0.25) is 11.8 Å². The molecule has 24 heavy (non-hydrogen) atoms. The molecule has 5 nitrogen and oxygen atoms in total. The molecule has 1 aliphatic carbocycles. The summed E-state index contributed by atoms with van der Waals surface area (Å²) in [4.78, 5) is 24.9. The normalized spacial score (nSPS) is 14.8. The Balaban J connectivity index is 1.71. The number of phenolic OH excluding ortho intramolecular Hbond substituents is 1. The predicted octanol–water partition coefficient (Wildman–Crippen LogP) is 3.54. The van der Waals surface area contributed by atoms with Crippen LogP contribution in [0.25, 0.3) is 0 Å². The zero-order valence-electron chi connectivity index (χ0n) is 12.5. The molecule has 0 spiro atoms. The van der Waals surface area contributed by atoms with Crippen molar-refractivity contribution < 1.29 is 19.1 Å². The number of benzene rings is 2. The van der Waals surface area contributed by atoms with Gasteiger partial charge in [-0.25, -0.2) is 4.39 Å². The van der Waals surface area contributed by atoms with E-state index >= 15 is 0 Å². The number of anilines is 2. The number of hydrogen-bond acceptors (Lipinski definition) is 3. The highest BCUT2D eigenvalue weighted by atomic mass is 35.5. The third-order valence-corrected chi connectivity index (χ3v) is 4.23. The summed E-state index contributed by atoms with van der Waals surface area (Å²) >= 11 is 5.96. The minimum atomic E-state index is -1.16. The largest absolute Gasteiger partial charge is 0.508 e. The molecular weight excluding hydrogens is 335 g/mol. The molecular formula is C17H14ClFN2O3. The topological polar surface area (TPSA) is 78.4 Å². The van der Waals surface area contributed by atoms with Crippen molar-refractivity contribution in [1.82, 2.24) is 0 Å². The van der Waals surface area contributed by atoms with E-state index in [1.54, 1.807) is 0 Å². The van der Waals surface area contributed by atoms with E-state index in [-0.39, 0.29) is 10.8 Å². The fraction of sp³-hybridized carbons (Fsp3) is 0.176. The lowest BCUT2D eigenvalue weighted by Gasteiger charge is -2.16. The highest BCUT2D eigenvalue weighted by molar-refractivity contribution is 6.34. The number of nitrogens with one attached hydrogen (secondary N) is 2. The van der Waals surface area contributed by atoms with Gasteiger partial charge in [0.25, 0.3) is 0 Å². The van der Waals surface area contributed by atoms with Gasteiger partial charge in [-0.15, -0.1) is 0 Å². The first kappa shape index (κ1) is 16.3. The van der Waals surface area contributed by atoms with Gasteiger partial charge >= 0.3 is 0 Å². The second-order valence-electron chi connectivity index (χ2n) is 5.66. The van der Waals surface area contributed by atoms with E-state index in [0.29, 0.717) is 24.2 Å². The molecule has 3 N–H and O–H groups in total. The Bertz CT molecular complexity index is 804. The fourth-order valence-corrected chi connectivity index (χ4v) is 2.54. The van der Waals surface area contributed by atoms with Crippen LogP contribution >= 0.6 is 11.6 Å². The molecule has 0 heterocycles. The van der Waals surface area contributed by atoms with E-state index in [0.717, 1.165) is 0 Å². The highest BCUT2D eigenvalue weighted by Crippen LogP contribution is 2.47. The quantitative estimate of drug-likeness (QED) is 0.584. The summed E-state index contributed by atoms with van der Waals surface area (Å²) in [6, 6.07) is 9.46. The summed E-state index contributed by atoms with van der Waals surface area (Å²) in [5.41, 5.74) is -0.418. The van der Waals surface area contributed by atoms with Gasteiger partial charge < -0.3 is 15.7 Å². The van der Waals surface area contributed by atoms with Crippen molar-refractivity contribution in [2.45, 2.75) is 12.8 Å². The van der Waals surface area contributed by atoms with E-state index in [1.807, 2.05) is 0 Å². The highest BCUT2D eigenvalue weighted by Gasteiger charge is 2.56. The molecule has 0 atom stereocenters. The van der Waals surface area contributed by atoms with Crippen LogP contribution in [0.4, 0.5) is 15.8 Å². The minimum absolute atomic E-state index is 0.0202. The molecule has 2 aromatic rings. The van der Waals surface area contributed by atoms with Crippen LogP contribution in [0.2, 0.25) is 5.02 Å². The molecule has 0 saturated heterocycles. The van der Waals surface area contributed by atoms with Crippen LogP contribution in [0.1, 0.15) is 12.8 Å². The van der Waals surface area contributed by atoms with Crippen LogP contribution in [-0.2, 0) is 9.59 Å². The van der Waals surface area contributed by atoms with E-state index < -0.39 is 23.0 Å². The maximum atomic E-state index is 12.9. The average molecular weight is 349 g/mol. The first-order valence-corrected chi connectivity index (χ1v) is 7.65. The molecule has 7 heteroatoms. The summed E-state index contributed by atoms with van der Waals surface area (Å²) in [5, 5.41) is 14.7. The van der Waals surface area contributed by atoms with Crippen LogP contribution < -0.4 is 10.6 Å². The molecule has 2 amide bonds. The van der Waals surface area contributed by atoms with Gasteiger partial charge in [-0.3, -0.25) is 9.59 Å². The van der Waals surface area contributed by atoms with Gasteiger partial charge in [0, 0.05) is 11.8 Å². The third kappa shape index (κ3) is 3.19. The monoisotopic (exact) mass is 348 g/mol. The lowest BCUT2D eigenvalue weighted by Crippen LogP contribution is -2.35. The van der Waals surface area contributed by atoms with Gasteiger partial charge in [0.1, 0.15) is 17.0 Å². The number of carbonyl (C=O) groups is 2. The average Bonchev–Trinajstić information content (AvgIpc) is 3.34. The number of halogens is 2. The van der Waals surface area contributed by atoms with Crippen molar-refractivity contribution in [3.05, 3.63) is 53.3 Å². The molecule has 1 saturated carbocycles. The van der Waals surface area contributed by atoms with E-state index in [1.165, 1.54) is 42.5 Å². The number of hydrogen-bond donors (Lipinski definition) is 3. The van der Waals surface area contributed by atoms with E-state index in [4.69, 9.17) is 11.6 Å². The summed E-state index contributed by atoms with van der Waals surface area (Å²) in [5.74, 6) is -1.33. The third-order valence-electron chi connectivity index (χ3n) is 3.92. The van der Waals surface area contributed by atoms with Crippen molar-refractivity contribution in [2.24, 2.45) is 5.41 Å². The molecule has 1 fully saturated rings. The lowest BCUT2D eigenvalue weighted by molar-refractivity contribution is -0.131. The molecule has 0 bridgehead atoms. The van der Waals surface area contributed by atoms with Crippen LogP contribution in [0.3, 0.4) is 0 Å². The molecule has 0 unspecified atom stereocenters. The van der Waals surface area contributed by atoms with Crippen molar-refractivity contribution in [2.75, 3.05) is 10.6 Å². The smallest absolute Gasteiger partial charge is 0.240 e. The molecule has 0 aromatic heterocycles.